The van der Waals surface area contributed by atoms with Crippen molar-refractivity contribution in [2.45, 2.75) is 44.9 Å². The predicted molar refractivity (Wildman–Crippen MR) is 102 cm³/mol. The summed E-state index contributed by atoms with van der Waals surface area (Å²) in [7, 11) is 0. The van der Waals surface area contributed by atoms with Crippen LogP contribution in [0.25, 0.3) is 0 Å². The molecule has 7 heteroatoms. The highest BCUT2D eigenvalue weighted by molar-refractivity contribution is 9.10. The molecule has 3 rings (SSSR count). The summed E-state index contributed by atoms with van der Waals surface area (Å²) < 4.78 is 8.74. The third-order valence-corrected chi connectivity index (χ3v) is 5.11. The maximum absolute atomic E-state index is 5.53. The first-order valence-corrected chi connectivity index (χ1v) is 9.53. The zero-order chi connectivity index (χ0) is 16.9. The van der Waals surface area contributed by atoms with E-state index in [0.29, 0.717) is 17.3 Å². The van der Waals surface area contributed by atoms with Gasteiger partial charge in [-0.3, -0.25) is 5.10 Å². The SMILES string of the molecule is CCOc1ccc(/C=N\n2c(C3CCCCC3)n[nH]c2=S)cc1Br. The Morgan fingerprint density at radius 3 is 2.92 bits per heavy atom. The van der Waals surface area contributed by atoms with Crippen LogP contribution in [0.1, 0.15) is 56.3 Å². The van der Waals surface area contributed by atoms with Gasteiger partial charge in [0.15, 0.2) is 5.82 Å². The van der Waals surface area contributed by atoms with Gasteiger partial charge < -0.3 is 4.74 Å². The van der Waals surface area contributed by atoms with E-state index in [4.69, 9.17) is 17.0 Å². The molecule has 1 fully saturated rings. The number of aromatic amines is 1. The van der Waals surface area contributed by atoms with Gasteiger partial charge in [-0.05, 0) is 71.7 Å². The maximum atomic E-state index is 5.53. The molecule has 5 nitrogen and oxygen atoms in total. The Morgan fingerprint density at radius 1 is 1.42 bits per heavy atom. The van der Waals surface area contributed by atoms with E-state index in [2.05, 4.69) is 31.2 Å². The van der Waals surface area contributed by atoms with Crippen molar-refractivity contribution >= 4 is 34.4 Å². The molecule has 1 aromatic heterocycles. The molecule has 24 heavy (non-hydrogen) atoms. The molecular weight excluding hydrogens is 388 g/mol. The van der Waals surface area contributed by atoms with Gasteiger partial charge in [0.25, 0.3) is 0 Å². The number of nitrogens with one attached hydrogen (secondary N) is 1. The van der Waals surface area contributed by atoms with Crippen LogP contribution in [0.2, 0.25) is 0 Å². The molecule has 1 aromatic carbocycles. The third kappa shape index (κ3) is 3.95. The number of aromatic nitrogens is 3. The third-order valence-electron chi connectivity index (χ3n) is 4.22. The van der Waals surface area contributed by atoms with Crippen molar-refractivity contribution in [2.75, 3.05) is 6.61 Å². The van der Waals surface area contributed by atoms with Gasteiger partial charge in [-0.2, -0.15) is 14.9 Å². The van der Waals surface area contributed by atoms with Crippen molar-refractivity contribution in [3.8, 4) is 5.75 Å². The van der Waals surface area contributed by atoms with Crippen LogP contribution in [-0.2, 0) is 0 Å². The molecule has 0 unspecified atom stereocenters. The number of halogens is 1. The van der Waals surface area contributed by atoms with Crippen molar-refractivity contribution in [3.05, 3.63) is 38.8 Å². The van der Waals surface area contributed by atoms with Crippen molar-refractivity contribution in [3.63, 3.8) is 0 Å². The Kier molecular flexibility index (Phi) is 5.84. The highest BCUT2D eigenvalue weighted by atomic mass is 79.9. The quantitative estimate of drug-likeness (QED) is 0.557. The van der Waals surface area contributed by atoms with Crippen LogP contribution < -0.4 is 4.74 Å². The molecule has 0 bridgehead atoms. The number of hydrogen-bond acceptors (Lipinski definition) is 4. The molecule has 0 atom stereocenters. The van der Waals surface area contributed by atoms with Crippen LogP contribution in [0.5, 0.6) is 5.75 Å². The van der Waals surface area contributed by atoms with E-state index in [1.54, 1.807) is 10.9 Å². The number of ether oxygens (including phenoxy) is 1. The van der Waals surface area contributed by atoms with Gasteiger partial charge in [0.2, 0.25) is 4.77 Å². The summed E-state index contributed by atoms with van der Waals surface area (Å²) in [5.74, 6) is 2.22. The normalized spacial score (nSPS) is 15.9. The van der Waals surface area contributed by atoms with Gasteiger partial charge in [0, 0.05) is 5.92 Å². The fourth-order valence-corrected chi connectivity index (χ4v) is 3.73. The zero-order valence-electron chi connectivity index (χ0n) is 13.7. The molecule has 1 aliphatic carbocycles. The fraction of sp³-hybridized carbons (Fsp3) is 0.471. The van der Waals surface area contributed by atoms with Gasteiger partial charge in [-0.15, -0.1) is 0 Å². The average Bonchev–Trinajstić information content (AvgIpc) is 2.97. The molecule has 0 amide bonds. The van der Waals surface area contributed by atoms with Crippen LogP contribution in [0.15, 0.2) is 27.8 Å². The summed E-state index contributed by atoms with van der Waals surface area (Å²) in [5.41, 5.74) is 0.975. The molecule has 128 valence electrons. The molecule has 0 saturated heterocycles. The zero-order valence-corrected chi connectivity index (χ0v) is 16.1. The standard InChI is InChI=1S/C17H21BrN4OS/c1-2-23-15-9-8-12(10-14(15)18)11-19-22-16(20-21-17(22)24)13-6-4-3-5-7-13/h8-11,13H,2-7H2,1H3,(H,21,24)/b19-11-. The first-order chi connectivity index (χ1) is 11.7. The highest BCUT2D eigenvalue weighted by Gasteiger charge is 2.21. The van der Waals surface area contributed by atoms with E-state index in [1.165, 1.54) is 19.3 Å². The van der Waals surface area contributed by atoms with Crippen molar-refractivity contribution < 1.29 is 4.74 Å². The second kappa shape index (κ2) is 8.07. The van der Waals surface area contributed by atoms with Crippen LogP contribution in [0.4, 0.5) is 0 Å². The van der Waals surface area contributed by atoms with E-state index < -0.39 is 0 Å². The van der Waals surface area contributed by atoms with Crippen LogP contribution in [0.3, 0.4) is 0 Å². The lowest BCUT2D eigenvalue weighted by molar-refractivity contribution is 0.338. The van der Waals surface area contributed by atoms with E-state index in [-0.39, 0.29) is 0 Å². The minimum absolute atomic E-state index is 0.441. The van der Waals surface area contributed by atoms with E-state index in [0.717, 1.165) is 34.5 Å². The van der Waals surface area contributed by atoms with Crippen molar-refractivity contribution in [1.82, 2.24) is 14.9 Å². The highest BCUT2D eigenvalue weighted by Crippen LogP contribution is 2.31. The maximum Gasteiger partial charge on any atom is 0.216 e. The fourth-order valence-electron chi connectivity index (χ4n) is 3.03. The summed E-state index contributed by atoms with van der Waals surface area (Å²) in [4.78, 5) is 0. The lowest BCUT2D eigenvalue weighted by Crippen LogP contribution is -2.10. The van der Waals surface area contributed by atoms with Crippen molar-refractivity contribution in [2.24, 2.45) is 5.10 Å². The Balaban J connectivity index is 1.83. The molecule has 1 aliphatic rings. The van der Waals surface area contributed by atoms with Crippen molar-refractivity contribution in [1.29, 1.82) is 0 Å². The number of H-pyrrole nitrogens is 1. The lowest BCUT2D eigenvalue weighted by atomic mass is 9.89. The second-order valence-electron chi connectivity index (χ2n) is 5.90. The first-order valence-electron chi connectivity index (χ1n) is 8.33. The second-order valence-corrected chi connectivity index (χ2v) is 7.14. The minimum Gasteiger partial charge on any atom is -0.493 e. The van der Waals surface area contributed by atoms with Crippen LogP contribution in [0, 0.1) is 4.77 Å². The molecule has 2 aromatic rings. The first kappa shape index (κ1) is 17.4. The van der Waals surface area contributed by atoms with E-state index in [9.17, 15) is 0 Å². The predicted octanol–water partition coefficient (Wildman–Crippen LogP) is 5.03. The minimum atomic E-state index is 0.441. The number of hydrogen-bond donors (Lipinski definition) is 1. The summed E-state index contributed by atoms with van der Waals surface area (Å²) in [6.07, 6.45) is 7.93. The molecular formula is C17H21BrN4OS. The Bertz CT molecular complexity index is 777. The van der Waals surface area contributed by atoms with E-state index >= 15 is 0 Å². The van der Waals surface area contributed by atoms with E-state index in [1.807, 2.05) is 25.1 Å². The number of nitrogens with zero attached hydrogens (tertiary/aromatic N) is 3. The van der Waals surface area contributed by atoms with Gasteiger partial charge >= 0.3 is 0 Å². The van der Waals surface area contributed by atoms with Gasteiger partial charge in [-0.25, -0.2) is 0 Å². The Labute approximate surface area is 155 Å². The molecule has 1 saturated carbocycles. The summed E-state index contributed by atoms with van der Waals surface area (Å²) >= 11 is 8.87. The molecule has 0 aliphatic heterocycles. The Morgan fingerprint density at radius 2 is 2.21 bits per heavy atom. The number of rotatable bonds is 5. The van der Waals surface area contributed by atoms with Crippen LogP contribution >= 0.6 is 28.1 Å². The molecule has 1 N–H and O–H groups in total. The molecule has 0 spiro atoms. The summed E-state index contributed by atoms with van der Waals surface area (Å²) in [5, 5.41) is 11.9. The smallest absolute Gasteiger partial charge is 0.216 e. The average molecular weight is 409 g/mol. The van der Waals surface area contributed by atoms with Gasteiger partial charge in [-0.1, -0.05) is 19.3 Å². The monoisotopic (exact) mass is 408 g/mol. The topological polar surface area (TPSA) is 55.2 Å². The number of benzene rings is 1. The Hall–Kier alpha value is -1.47. The lowest BCUT2D eigenvalue weighted by Gasteiger charge is -2.19. The summed E-state index contributed by atoms with van der Waals surface area (Å²) in [6.45, 7) is 2.61. The molecule has 1 heterocycles. The van der Waals surface area contributed by atoms with Crippen LogP contribution in [-0.4, -0.2) is 27.7 Å². The largest absolute Gasteiger partial charge is 0.493 e. The van der Waals surface area contributed by atoms with Gasteiger partial charge in [0.1, 0.15) is 5.75 Å². The summed E-state index contributed by atoms with van der Waals surface area (Å²) in [6, 6.07) is 5.90. The van der Waals surface area contributed by atoms with Gasteiger partial charge in [0.05, 0.1) is 17.3 Å². The molecule has 0 radical (unpaired) electrons.